The molecule has 1 aromatic carbocycles. The van der Waals surface area contributed by atoms with Crippen LogP contribution in [0.2, 0.25) is 0 Å². The smallest absolute Gasteiger partial charge is 0.408 e. The topological polar surface area (TPSA) is 88.4 Å². The Morgan fingerprint density at radius 2 is 2.05 bits per heavy atom. The number of benzene rings is 1. The van der Waals surface area contributed by atoms with Gasteiger partial charge < -0.3 is 14.8 Å². The van der Waals surface area contributed by atoms with Crippen LogP contribution in [-0.4, -0.2) is 25.2 Å². The average Bonchev–Trinajstić information content (AvgIpc) is 2.49. The molecule has 0 saturated heterocycles. The standard InChI is InChI=1S/C14H16N2O4/c1-19-13(17)12(8-5-9-15)16-14(18)20-10-11-6-3-2-4-7-11/h2-4,6-7,12H,5,8,10H2,1H3,(H,16,18)/t12-/m1/s1. The lowest BCUT2D eigenvalue weighted by molar-refractivity contribution is -0.143. The third-order valence-corrected chi connectivity index (χ3v) is 2.54. The van der Waals surface area contributed by atoms with E-state index in [0.29, 0.717) is 0 Å². The van der Waals surface area contributed by atoms with Gasteiger partial charge in [-0.05, 0) is 12.0 Å². The van der Waals surface area contributed by atoms with Crippen LogP contribution in [0.1, 0.15) is 18.4 Å². The molecule has 0 aliphatic rings. The fourth-order valence-electron chi connectivity index (χ4n) is 1.51. The van der Waals surface area contributed by atoms with Gasteiger partial charge in [0.15, 0.2) is 0 Å². The average molecular weight is 276 g/mol. The Morgan fingerprint density at radius 1 is 1.35 bits per heavy atom. The van der Waals surface area contributed by atoms with Crippen molar-refractivity contribution >= 4 is 12.1 Å². The minimum Gasteiger partial charge on any atom is -0.467 e. The largest absolute Gasteiger partial charge is 0.467 e. The van der Waals surface area contributed by atoms with Crippen LogP contribution < -0.4 is 5.32 Å². The molecule has 6 heteroatoms. The monoisotopic (exact) mass is 276 g/mol. The summed E-state index contributed by atoms with van der Waals surface area (Å²) in [4.78, 5) is 23.0. The minimum absolute atomic E-state index is 0.110. The number of hydrogen-bond acceptors (Lipinski definition) is 5. The lowest BCUT2D eigenvalue weighted by Crippen LogP contribution is -2.41. The molecule has 1 N–H and O–H groups in total. The Morgan fingerprint density at radius 3 is 2.65 bits per heavy atom. The molecule has 106 valence electrons. The number of nitrogens with one attached hydrogen (secondary N) is 1. The van der Waals surface area contributed by atoms with E-state index in [4.69, 9.17) is 10.00 Å². The molecule has 1 atom stereocenters. The van der Waals surface area contributed by atoms with Crippen molar-refractivity contribution in [1.29, 1.82) is 5.26 Å². The molecular weight excluding hydrogens is 260 g/mol. The molecule has 0 aliphatic heterocycles. The van der Waals surface area contributed by atoms with Gasteiger partial charge >= 0.3 is 12.1 Å². The zero-order valence-corrected chi connectivity index (χ0v) is 11.2. The van der Waals surface area contributed by atoms with Gasteiger partial charge in [-0.15, -0.1) is 0 Å². The van der Waals surface area contributed by atoms with Gasteiger partial charge in [0.25, 0.3) is 0 Å². The maximum atomic E-state index is 11.6. The molecule has 1 rings (SSSR count). The summed E-state index contributed by atoms with van der Waals surface area (Å²) in [7, 11) is 1.22. The second-order valence-electron chi connectivity index (χ2n) is 3.98. The summed E-state index contributed by atoms with van der Waals surface area (Å²) in [6, 6.07) is 10.2. The van der Waals surface area contributed by atoms with Gasteiger partial charge in [-0.3, -0.25) is 0 Å². The lowest BCUT2D eigenvalue weighted by atomic mass is 10.2. The fourth-order valence-corrected chi connectivity index (χ4v) is 1.51. The molecule has 0 radical (unpaired) electrons. The van der Waals surface area contributed by atoms with Crippen LogP contribution in [0.4, 0.5) is 4.79 Å². The third kappa shape index (κ3) is 5.40. The van der Waals surface area contributed by atoms with Gasteiger partial charge in [0.05, 0.1) is 13.2 Å². The Balaban J connectivity index is 2.45. The van der Waals surface area contributed by atoms with Gasteiger partial charge in [-0.2, -0.15) is 5.26 Å². The highest BCUT2D eigenvalue weighted by atomic mass is 16.6. The van der Waals surface area contributed by atoms with E-state index in [1.54, 1.807) is 0 Å². The molecule has 20 heavy (non-hydrogen) atoms. The van der Waals surface area contributed by atoms with Crippen LogP contribution in [0.3, 0.4) is 0 Å². The summed E-state index contributed by atoms with van der Waals surface area (Å²) >= 11 is 0. The highest BCUT2D eigenvalue weighted by Crippen LogP contribution is 2.03. The molecule has 0 bridgehead atoms. The highest BCUT2D eigenvalue weighted by molar-refractivity contribution is 5.81. The normalized spacial score (nSPS) is 11.0. The molecule has 0 aromatic heterocycles. The van der Waals surface area contributed by atoms with Gasteiger partial charge in [0, 0.05) is 6.42 Å². The van der Waals surface area contributed by atoms with Crippen LogP contribution in [0.15, 0.2) is 30.3 Å². The molecule has 0 saturated carbocycles. The summed E-state index contributed by atoms with van der Waals surface area (Å²) in [5.74, 6) is -0.600. The lowest BCUT2D eigenvalue weighted by Gasteiger charge is -2.15. The molecule has 1 amide bonds. The van der Waals surface area contributed by atoms with Crippen molar-refractivity contribution in [1.82, 2.24) is 5.32 Å². The van der Waals surface area contributed by atoms with E-state index < -0.39 is 18.1 Å². The number of esters is 1. The predicted molar refractivity (Wildman–Crippen MR) is 70.4 cm³/mol. The van der Waals surface area contributed by atoms with E-state index in [0.717, 1.165) is 5.56 Å². The van der Waals surface area contributed by atoms with Crippen molar-refractivity contribution < 1.29 is 19.1 Å². The molecule has 0 fully saturated rings. The van der Waals surface area contributed by atoms with Gasteiger partial charge in [0.1, 0.15) is 12.6 Å². The first kappa shape index (κ1) is 15.5. The predicted octanol–water partition coefficient (Wildman–Crippen LogP) is 1.76. The maximum Gasteiger partial charge on any atom is 0.408 e. The van der Waals surface area contributed by atoms with Crippen molar-refractivity contribution in [3.8, 4) is 6.07 Å². The van der Waals surface area contributed by atoms with Gasteiger partial charge in [-0.1, -0.05) is 30.3 Å². The first-order valence-corrected chi connectivity index (χ1v) is 6.09. The molecular formula is C14H16N2O4. The van der Waals surface area contributed by atoms with Crippen LogP contribution >= 0.6 is 0 Å². The summed E-state index contributed by atoms with van der Waals surface area (Å²) in [6.45, 7) is 0.110. The zero-order valence-electron chi connectivity index (χ0n) is 11.2. The molecule has 6 nitrogen and oxygen atoms in total. The fraction of sp³-hybridized carbons (Fsp3) is 0.357. The van der Waals surface area contributed by atoms with Gasteiger partial charge in [-0.25, -0.2) is 9.59 Å². The Labute approximate surface area is 117 Å². The van der Waals surface area contributed by atoms with E-state index in [9.17, 15) is 9.59 Å². The molecule has 0 aliphatic carbocycles. The summed E-state index contributed by atoms with van der Waals surface area (Å²) < 4.78 is 9.55. The number of hydrogen-bond donors (Lipinski definition) is 1. The van der Waals surface area contributed by atoms with E-state index in [1.165, 1.54) is 7.11 Å². The molecule has 0 unspecified atom stereocenters. The molecule has 0 heterocycles. The Kier molecular flexibility index (Phi) is 6.62. The first-order valence-electron chi connectivity index (χ1n) is 6.09. The summed E-state index contributed by atoms with van der Waals surface area (Å²) in [5.41, 5.74) is 0.842. The molecule has 0 spiro atoms. The van der Waals surface area contributed by atoms with Crippen LogP contribution in [0.25, 0.3) is 0 Å². The number of alkyl carbamates (subject to hydrolysis) is 1. The number of carbonyl (C=O) groups excluding carboxylic acids is 2. The summed E-state index contributed by atoms with van der Waals surface area (Å²) in [6.07, 6.45) is -0.398. The highest BCUT2D eigenvalue weighted by Gasteiger charge is 2.21. The SMILES string of the molecule is COC(=O)[C@@H](CCC#N)NC(=O)OCc1ccccc1. The van der Waals surface area contributed by atoms with E-state index in [1.807, 2.05) is 36.4 Å². The maximum absolute atomic E-state index is 11.6. The number of nitriles is 1. The second kappa shape index (κ2) is 8.53. The molecule has 1 aromatic rings. The van der Waals surface area contributed by atoms with Crippen molar-refractivity contribution in [2.45, 2.75) is 25.5 Å². The van der Waals surface area contributed by atoms with Crippen molar-refractivity contribution in [2.75, 3.05) is 7.11 Å². The van der Waals surface area contributed by atoms with Crippen LogP contribution in [0.5, 0.6) is 0 Å². The van der Waals surface area contributed by atoms with Crippen molar-refractivity contribution in [3.63, 3.8) is 0 Å². The first-order chi connectivity index (χ1) is 9.67. The van der Waals surface area contributed by atoms with Crippen LogP contribution in [0, 0.1) is 11.3 Å². The second-order valence-corrected chi connectivity index (χ2v) is 3.98. The number of rotatable bonds is 6. The number of amides is 1. The number of ether oxygens (including phenoxy) is 2. The minimum atomic E-state index is -0.872. The Hall–Kier alpha value is -2.55. The van der Waals surface area contributed by atoms with E-state index in [-0.39, 0.29) is 19.4 Å². The van der Waals surface area contributed by atoms with E-state index in [2.05, 4.69) is 10.1 Å². The quantitative estimate of drug-likeness (QED) is 0.800. The van der Waals surface area contributed by atoms with Crippen LogP contribution in [-0.2, 0) is 20.9 Å². The zero-order chi connectivity index (χ0) is 14.8. The number of carbonyl (C=O) groups is 2. The number of methoxy groups -OCH3 is 1. The van der Waals surface area contributed by atoms with Crippen molar-refractivity contribution in [3.05, 3.63) is 35.9 Å². The third-order valence-electron chi connectivity index (χ3n) is 2.54. The van der Waals surface area contributed by atoms with Gasteiger partial charge in [0.2, 0.25) is 0 Å². The van der Waals surface area contributed by atoms with E-state index >= 15 is 0 Å². The van der Waals surface area contributed by atoms with Crippen molar-refractivity contribution in [2.24, 2.45) is 0 Å². The number of nitrogens with zero attached hydrogens (tertiary/aromatic N) is 1. The summed E-state index contributed by atoms with van der Waals surface area (Å²) in [5, 5.41) is 10.9. The Bertz CT molecular complexity index is 482.